The maximum Gasteiger partial charge on any atom is 0.228 e. The van der Waals surface area contributed by atoms with Gasteiger partial charge in [0, 0.05) is 22.7 Å². The summed E-state index contributed by atoms with van der Waals surface area (Å²) in [7, 11) is 1.95. The summed E-state index contributed by atoms with van der Waals surface area (Å²) in [4.78, 5) is 11.5. The predicted octanol–water partition coefficient (Wildman–Crippen LogP) is 2.52. The number of amides is 1. The highest BCUT2D eigenvalue weighted by Gasteiger charge is 2.32. The van der Waals surface area contributed by atoms with Crippen molar-refractivity contribution in [3.05, 3.63) is 28.3 Å². The summed E-state index contributed by atoms with van der Waals surface area (Å²) < 4.78 is 5.67. The summed E-state index contributed by atoms with van der Waals surface area (Å²) in [6.45, 7) is 2.84. The van der Waals surface area contributed by atoms with E-state index in [0.717, 1.165) is 29.8 Å². The van der Waals surface area contributed by atoms with Gasteiger partial charge in [0.05, 0.1) is 19.1 Å². The number of hydrogen-bond donors (Lipinski definition) is 2. The van der Waals surface area contributed by atoms with Gasteiger partial charge >= 0.3 is 0 Å². The molecule has 0 spiro atoms. The molecule has 0 radical (unpaired) electrons. The number of carbonyl (C=O) groups is 1. The predicted molar refractivity (Wildman–Crippen MR) is 79.1 cm³/mol. The highest BCUT2D eigenvalue weighted by Crippen LogP contribution is 2.38. The minimum absolute atomic E-state index is 0.0343. The molecule has 108 valence electrons. The molecule has 0 aliphatic carbocycles. The molecule has 2 heterocycles. The van der Waals surface area contributed by atoms with Crippen molar-refractivity contribution in [1.82, 2.24) is 5.32 Å². The first-order chi connectivity index (χ1) is 9.58. The van der Waals surface area contributed by atoms with Gasteiger partial charge < -0.3 is 15.4 Å². The molecular weight excluding hydrogens is 276 g/mol. The van der Waals surface area contributed by atoms with Crippen molar-refractivity contribution in [2.75, 3.05) is 19.0 Å². The Morgan fingerprint density at radius 1 is 1.50 bits per heavy atom. The lowest BCUT2D eigenvalue weighted by Crippen LogP contribution is -2.26. The van der Waals surface area contributed by atoms with E-state index >= 15 is 0 Å². The minimum Gasteiger partial charge on any atom is -0.378 e. The van der Waals surface area contributed by atoms with E-state index in [4.69, 9.17) is 16.3 Å². The Morgan fingerprint density at radius 2 is 2.30 bits per heavy atom. The summed E-state index contributed by atoms with van der Waals surface area (Å²) in [6, 6.07) is 4.08. The van der Waals surface area contributed by atoms with E-state index < -0.39 is 0 Å². The molecule has 1 amide bonds. The quantitative estimate of drug-likeness (QED) is 0.901. The monoisotopic (exact) mass is 294 g/mol. The van der Waals surface area contributed by atoms with Gasteiger partial charge in [-0.2, -0.15) is 0 Å². The number of nitrogens with one attached hydrogen (secondary N) is 2. The van der Waals surface area contributed by atoms with E-state index in [2.05, 4.69) is 23.6 Å². The number of ether oxygens (including phenoxy) is 1. The Bertz CT molecular complexity index is 547. The van der Waals surface area contributed by atoms with Crippen LogP contribution >= 0.6 is 11.6 Å². The van der Waals surface area contributed by atoms with E-state index in [1.165, 1.54) is 0 Å². The molecule has 0 bridgehead atoms. The van der Waals surface area contributed by atoms with Crippen LogP contribution in [0.1, 0.15) is 30.5 Å². The molecule has 3 rings (SSSR count). The van der Waals surface area contributed by atoms with Gasteiger partial charge in [-0.1, -0.05) is 17.7 Å². The highest BCUT2D eigenvalue weighted by atomic mass is 35.5. The molecular formula is C15H19ClN2O2. The summed E-state index contributed by atoms with van der Waals surface area (Å²) in [5, 5.41) is 6.88. The van der Waals surface area contributed by atoms with Crippen LogP contribution in [0.3, 0.4) is 0 Å². The molecule has 5 heteroatoms. The van der Waals surface area contributed by atoms with Gasteiger partial charge in [0.1, 0.15) is 0 Å². The van der Waals surface area contributed by atoms with Crippen molar-refractivity contribution in [3.8, 4) is 0 Å². The Labute approximate surface area is 123 Å². The van der Waals surface area contributed by atoms with Gasteiger partial charge in [0.2, 0.25) is 5.91 Å². The largest absolute Gasteiger partial charge is 0.378 e. The number of fused-ring (bicyclic) bond motifs is 1. The van der Waals surface area contributed by atoms with Crippen molar-refractivity contribution >= 4 is 23.2 Å². The van der Waals surface area contributed by atoms with Crippen LogP contribution in [0, 0.1) is 5.92 Å². The van der Waals surface area contributed by atoms with Gasteiger partial charge in [0.15, 0.2) is 0 Å². The molecule has 2 N–H and O–H groups in total. The van der Waals surface area contributed by atoms with Crippen LogP contribution in [0.25, 0.3) is 0 Å². The molecule has 2 aliphatic heterocycles. The summed E-state index contributed by atoms with van der Waals surface area (Å²) >= 11 is 6.41. The molecule has 1 aromatic rings. The standard InChI is InChI=1S/C15H19ClN2O2/c1-8-3-10(7-20-8)15(17-2)11-4-9-5-14(19)18-13(9)6-12(11)16/h4,6,8,10,15,17H,3,5,7H2,1-2H3,(H,18,19). The second-order valence-corrected chi connectivity index (χ2v) is 6.07. The Morgan fingerprint density at radius 3 is 2.95 bits per heavy atom. The lowest BCUT2D eigenvalue weighted by Gasteiger charge is -2.24. The normalized spacial score (nSPS) is 26.4. The van der Waals surface area contributed by atoms with Crippen LogP contribution in [0.2, 0.25) is 5.02 Å². The van der Waals surface area contributed by atoms with E-state index in [1.807, 2.05) is 13.1 Å². The maximum atomic E-state index is 11.5. The fraction of sp³-hybridized carbons (Fsp3) is 0.533. The van der Waals surface area contributed by atoms with Crippen LogP contribution in [0.15, 0.2) is 12.1 Å². The third kappa shape index (κ3) is 2.43. The summed E-state index contributed by atoms with van der Waals surface area (Å²) in [5.41, 5.74) is 2.93. The Balaban J connectivity index is 1.92. The zero-order chi connectivity index (χ0) is 14.3. The second kappa shape index (κ2) is 5.35. The smallest absolute Gasteiger partial charge is 0.228 e. The van der Waals surface area contributed by atoms with Crippen molar-refractivity contribution < 1.29 is 9.53 Å². The molecule has 0 saturated carbocycles. The molecule has 20 heavy (non-hydrogen) atoms. The van der Waals surface area contributed by atoms with Crippen LogP contribution in [-0.4, -0.2) is 25.7 Å². The van der Waals surface area contributed by atoms with Gasteiger partial charge in [0.25, 0.3) is 0 Å². The first kappa shape index (κ1) is 13.9. The topological polar surface area (TPSA) is 50.4 Å². The number of rotatable bonds is 3. The third-order valence-corrected chi connectivity index (χ3v) is 4.52. The SMILES string of the molecule is CNC(c1cc2c(cc1Cl)NC(=O)C2)C1COC(C)C1. The number of hydrogen-bond acceptors (Lipinski definition) is 3. The lowest BCUT2D eigenvalue weighted by molar-refractivity contribution is -0.115. The first-order valence-electron chi connectivity index (χ1n) is 6.99. The van der Waals surface area contributed by atoms with Gasteiger partial charge in [-0.25, -0.2) is 0 Å². The zero-order valence-corrected chi connectivity index (χ0v) is 12.5. The summed E-state index contributed by atoms with van der Waals surface area (Å²) in [6.07, 6.45) is 1.76. The molecule has 3 unspecified atom stereocenters. The van der Waals surface area contributed by atoms with Crippen molar-refractivity contribution in [3.63, 3.8) is 0 Å². The van der Waals surface area contributed by atoms with Crippen molar-refractivity contribution in [1.29, 1.82) is 0 Å². The van der Waals surface area contributed by atoms with E-state index in [0.29, 0.717) is 23.5 Å². The van der Waals surface area contributed by atoms with E-state index in [9.17, 15) is 4.79 Å². The average Bonchev–Trinajstić information content (AvgIpc) is 2.96. The van der Waals surface area contributed by atoms with Gasteiger partial charge in [-0.15, -0.1) is 0 Å². The molecule has 1 aromatic carbocycles. The first-order valence-corrected chi connectivity index (χ1v) is 7.37. The average molecular weight is 295 g/mol. The highest BCUT2D eigenvalue weighted by molar-refractivity contribution is 6.32. The maximum absolute atomic E-state index is 11.5. The van der Waals surface area contributed by atoms with Crippen molar-refractivity contribution in [2.45, 2.75) is 31.9 Å². The van der Waals surface area contributed by atoms with Gasteiger partial charge in [-0.3, -0.25) is 4.79 Å². The van der Waals surface area contributed by atoms with Crippen molar-refractivity contribution in [2.24, 2.45) is 5.92 Å². The van der Waals surface area contributed by atoms with Crippen LogP contribution < -0.4 is 10.6 Å². The number of anilines is 1. The molecule has 1 fully saturated rings. The van der Waals surface area contributed by atoms with E-state index in [-0.39, 0.29) is 11.9 Å². The molecule has 2 aliphatic rings. The molecule has 4 nitrogen and oxygen atoms in total. The molecule has 0 aromatic heterocycles. The van der Waals surface area contributed by atoms with E-state index in [1.54, 1.807) is 0 Å². The number of carbonyl (C=O) groups excluding carboxylic acids is 1. The minimum atomic E-state index is 0.0343. The fourth-order valence-electron chi connectivity index (χ4n) is 3.23. The zero-order valence-electron chi connectivity index (χ0n) is 11.7. The Hall–Kier alpha value is -1.10. The van der Waals surface area contributed by atoms with Crippen LogP contribution in [0.5, 0.6) is 0 Å². The number of benzene rings is 1. The molecule has 3 atom stereocenters. The molecule has 1 saturated heterocycles. The van der Waals surface area contributed by atoms with Crippen LogP contribution in [0.4, 0.5) is 5.69 Å². The third-order valence-electron chi connectivity index (χ3n) is 4.19. The summed E-state index contributed by atoms with van der Waals surface area (Å²) in [5.74, 6) is 0.447. The fourth-order valence-corrected chi connectivity index (χ4v) is 3.51. The lowest BCUT2D eigenvalue weighted by atomic mass is 9.90. The second-order valence-electron chi connectivity index (χ2n) is 5.66. The number of halogens is 1. The Kier molecular flexibility index (Phi) is 3.71. The van der Waals surface area contributed by atoms with Crippen LogP contribution in [-0.2, 0) is 16.0 Å². The van der Waals surface area contributed by atoms with Gasteiger partial charge in [-0.05, 0) is 37.6 Å².